The zero-order chi connectivity index (χ0) is 24.0. The van der Waals surface area contributed by atoms with Crippen molar-refractivity contribution in [2.45, 2.75) is 38.5 Å². The molecule has 0 saturated heterocycles. The molecule has 1 aliphatic rings. The van der Waals surface area contributed by atoms with Gasteiger partial charge in [0.25, 0.3) is 0 Å². The van der Waals surface area contributed by atoms with Crippen molar-refractivity contribution < 1.29 is 19.1 Å². The van der Waals surface area contributed by atoms with E-state index in [0.29, 0.717) is 17.7 Å². The van der Waals surface area contributed by atoms with Crippen LogP contribution in [0.3, 0.4) is 0 Å². The van der Waals surface area contributed by atoms with E-state index in [1.807, 2.05) is 18.2 Å². The second-order valence-electron chi connectivity index (χ2n) is 8.97. The van der Waals surface area contributed by atoms with Gasteiger partial charge < -0.3 is 10.4 Å². The Morgan fingerprint density at radius 3 is 2.21 bits per heavy atom. The number of anilines is 1. The van der Waals surface area contributed by atoms with E-state index in [-0.39, 0.29) is 11.7 Å². The quantitative estimate of drug-likeness (QED) is 0.387. The average molecular weight is 458 g/mol. The maximum Gasteiger partial charge on any atom is 0.328 e. The number of benzene rings is 3. The number of carbonyl (C=O) groups is 2. The van der Waals surface area contributed by atoms with Crippen LogP contribution in [0.25, 0.3) is 17.2 Å². The van der Waals surface area contributed by atoms with Crippen LogP contribution in [0, 0.1) is 11.2 Å². The van der Waals surface area contributed by atoms with Crippen LogP contribution in [0.15, 0.2) is 78.9 Å². The summed E-state index contributed by atoms with van der Waals surface area (Å²) in [4.78, 5) is 24.3. The Bertz CT molecular complexity index is 1180. The van der Waals surface area contributed by atoms with Gasteiger partial charge in [-0.3, -0.25) is 4.79 Å². The van der Waals surface area contributed by atoms with Gasteiger partial charge in [-0.2, -0.15) is 0 Å². The molecule has 174 valence electrons. The summed E-state index contributed by atoms with van der Waals surface area (Å²) in [5, 5.41) is 11.9. The molecule has 3 aromatic carbocycles. The van der Waals surface area contributed by atoms with Gasteiger partial charge >= 0.3 is 5.97 Å². The van der Waals surface area contributed by atoms with Gasteiger partial charge in [0.05, 0.1) is 5.41 Å². The lowest BCUT2D eigenvalue weighted by Crippen LogP contribution is -2.40. The van der Waals surface area contributed by atoms with Crippen LogP contribution in [0.1, 0.15) is 43.2 Å². The summed E-state index contributed by atoms with van der Waals surface area (Å²) in [6.07, 6.45) is 8.07. The van der Waals surface area contributed by atoms with E-state index in [1.165, 1.54) is 18.2 Å². The maximum absolute atomic E-state index is 13.5. The monoisotopic (exact) mass is 457 g/mol. The normalized spacial score (nSPS) is 15.2. The molecule has 0 aliphatic heterocycles. The Morgan fingerprint density at radius 1 is 0.912 bits per heavy atom. The van der Waals surface area contributed by atoms with Crippen molar-refractivity contribution in [3.05, 3.63) is 95.8 Å². The van der Waals surface area contributed by atoms with Gasteiger partial charge in [-0.25, -0.2) is 9.18 Å². The first kappa shape index (κ1) is 23.4. The number of carboxylic acids is 1. The fourth-order valence-electron chi connectivity index (χ4n) is 4.71. The van der Waals surface area contributed by atoms with Crippen LogP contribution in [-0.4, -0.2) is 17.0 Å². The van der Waals surface area contributed by atoms with Gasteiger partial charge in [0, 0.05) is 11.8 Å². The van der Waals surface area contributed by atoms with Gasteiger partial charge in [-0.1, -0.05) is 67.8 Å². The maximum atomic E-state index is 13.5. The Balaban J connectivity index is 1.51. The molecule has 1 fully saturated rings. The van der Waals surface area contributed by atoms with E-state index in [9.17, 15) is 14.0 Å². The first-order valence-corrected chi connectivity index (χ1v) is 11.6. The molecule has 34 heavy (non-hydrogen) atoms. The van der Waals surface area contributed by atoms with Gasteiger partial charge in [0.15, 0.2) is 0 Å². The highest BCUT2D eigenvalue weighted by Gasteiger charge is 2.39. The number of rotatable bonds is 7. The minimum absolute atomic E-state index is 0.00850. The fourth-order valence-corrected chi connectivity index (χ4v) is 4.71. The zero-order valence-corrected chi connectivity index (χ0v) is 19.0. The Kier molecular flexibility index (Phi) is 7.21. The molecule has 5 heteroatoms. The van der Waals surface area contributed by atoms with Crippen molar-refractivity contribution >= 4 is 23.6 Å². The molecule has 2 N–H and O–H groups in total. The number of halogens is 1. The smallest absolute Gasteiger partial charge is 0.328 e. The van der Waals surface area contributed by atoms with Crippen molar-refractivity contribution in [1.82, 2.24) is 0 Å². The summed E-state index contributed by atoms with van der Waals surface area (Å²) in [6.45, 7) is 0. The lowest BCUT2D eigenvalue weighted by molar-refractivity contribution is -0.131. The molecule has 1 aliphatic carbocycles. The van der Waals surface area contributed by atoms with Gasteiger partial charge in [0.1, 0.15) is 5.82 Å². The molecule has 0 atom stereocenters. The molecule has 3 aromatic rings. The summed E-state index contributed by atoms with van der Waals surface area (Å²) in [5.41, 5.74) is 3.96. The SMILES string of the molecule is O=C(O)/C=C/c1cccc(NC(=O)C2(Cc3ccc(-c4ccc(F)cc4)cc3)CCCCC2)c1. The van der Waals surface area contributed by atoms with Crippen molar-refractivity contribution in [2.75, 3.05) is 5.32 Å². The van der Waals surface area contributed by atoms with E-state index >= 15 is 0 Å². The van der Waals surface area contributed by atoms with E-state index in [1.54, 1.807) is 30.3 Å². The lowest BCUT2D eigenvalue weighted by atomic mass is 9.69. The van der Waals surface area contributed by atoms with Gasteiger partial charge in [-0.05, 0) is 71.9 Å². The minimum atomic E-state index is -1.01. The second-order valence-corrected chi connectivity index (χ2v) is 8.97. The third-order valence-corrected chi connectivity index (χ3v) is 6.53. The van der Waals surface area contributed by atoms with Crippen molar-refractivity contribution in [1.29, 1.82) is 0 Å². The molecular weight excluding hydrogens is 429 g/mol. The topological polar surface area (TPSA) is 66.4 Å². The summed E-state index contributed by atoms with van der Waals surface area (Å²) in [7, 11) is 0. The fraction of sp³-hybridized carbons (Fsp3) is 0.241. The van der Waals surface area contributed by atoms with E-state index in [0.717, 1.165) is 54.9 Å². The van der Waals surface area contributed by atoms with Crippen LogP contribution in [0.5, 0.6) is 0 Å². The standard InChI is InChI=1S/C29H28FNO3/c30-25-14-12-24(13-15-25)23-10-7-22(8-11-23)20-29(17-2-1-3-18-29)28(34)31-26-6-4-5-21(19-26)9-16-27(32)33/h4-16,19H,1-3,17-18,20H2,(H,31,34)(H,32,33)/b16-9+. The van der Waals surface area contributed by atoms with E-state index < -0.39 is 11.4 Å². The summed E-state index contributed by atoms with van der Waals surface area (Å²) >= 11 is 0. The molecule has 0 aromatic heterocycles. The summed E-state index contributed by atoms with van der Waals surface area (Å²) in [6, 6.07) is 21.8. The highest BCUT2D eigenvalue weighted by atomic mass is 19.1. The lowest BCUT2D eigenvalue weighted by Gasteiger charge is -2.36. The van der Waals surface area contributed by atoms with Crippen LogP contribution < -0.4 is 5.32 Å². The highest BCUT2D eigenvalue weighted by Crippen LogP contribution is 2.40. The predicted molar refractivity (Wildman–Crippen MR) is 133 cm³/mol. The molecule has 0 unspecified atom stereocenters. The Morgan fingerprint density at radius 2 is 1.56 bits per heavy atom. The number of hydrogen-bond donors (Lipinski definition) is 2. The average Bonchev–Trinajstić information content (AvgIpc) is 2.85. The number of aliphatic carboxylic acids is 1. The van der Waals surface area contributed by atoms with Crippen LogP contribution in [0.4, 0.5) is 10.1 Å². The van der Waals surface area contributed by atoms with Crippen molar-refractivity contribution in [3.8, 4) is 11.1 Å². The van der Waals surface area contributed by atoms with Gasteiger partial charge in [0.2, 0.25) is 5.91 Å². The molecule has 1 amide bonds. The number of carboxylic acid groups (broad SMARTS) is 1. The third kappa shape index (κ3) is 5.79. The summed E-state index contributed by atoms with van der Waals surface area (Å²) < 4.78 is 13.2. The van der Waals surface area contributed by atoms with Gasteiger partial charge in [-0.15, -0.1) is 0 Å². The Labute approximate surface area is 199 Å². The molecular formula is C29H28FNO3. The molecule has 1 saturated carbocycles. The number of hydrogen-bond acceptors (Lipinski definition) is 2. The molecule has 0 bridgehead atoms. The molecule has 4 nitrogen and oxygen atoms in total. The molecule has 0 radical (unpaired) electrons. The van der Waals surface area contributed by atoms with Crippen LogP contribution in [0.2, 0.25) is 0 Å². The highest BCUT2D eigenvalue weighted by molar-refractivity contribution is 5.96. The van der Waals surface area contributed by atoms with Crippen molar-refractivity contribution in [3.63, 3.8) is 0 Å². The summed E-state index contributed by atoms with van der Waals surface area (Å²) in [5.74, 6) is -1.26. The third-order valence-electron chi connectivity index (χ3n) is 6.53. The van der Waals surface area contributed by atoms with E-state index in [2.05, 4.69) is 17.4 Å². The van der Waals surface area contributed by atoms with Crippen LogP contribution in [-0.2, 0) is 16.0 Å². The molecule has 0 spiro atoms. The first-order valence-electron chi connectivity index (χ1n) is 11.6. The van der Waals surface area contributed by atoms with Crippen molar-refractivity contribution in [2.24, 2.45) is 5.41 Å². The Hall–Kier alpha value is -3.73. The largest absolute Gasteiger partial charge is 0.478 e. The molecule has 4 rings (SSSR count). The second kappa shape index (κ2) is 10.5. The predicted octanol–water partition coefficient (Wildman–Crippen LogP) is 6.72. The minimum Gasteiger partial charge on any atom is -0.478 e. The van der Waals surface area contributed by atoms with Crippen LogP contribution >= 0.6 is 0 Å². The first-order chi connectivity index (χ1) is 16.4. The zero-order valence-electron chi connectivity index (χ0n) is 19.0. The molecule has 0 heterocycles. The van der Waals surface area contributed by atoms with E-state index in [4.69, 9.17) is 5.11 Å². The number of nitrogens with one attached hydrogen (secondary N) is 1. The number of carbonyl (C=O) groups excluding carboxylic acids is 1. The number of amides is 1.